The number of halogens is 3. The summed E-state index contributed by atoms with van der Waals surface area (Å²) in [5, 5.41) is 4.16. The molecule has 0 bridgehead atoms. The number of methoxy groups -OCH3 is 2. The van der Waals surface area contributed by atoms with E-state index in [0.29, 0.717) is 29.2 Å². The first kappa shape index (κ1) is 24.4. The van der Waals surface area contributed by atoms with Crippen molar-refractivity contribution in [2.45, 2.75) is 39.1 Å². The molecule has 0 aromatic heterocycles. The highest BCUT2D eigenvalue weighted by atomic mass is 19.4. The fourth-order valence-electron chi connectivity index (χ4n) is 3.62. The Morgan fingerprint density at radius 1 is 1.15 bits per heavy atom. The lowest BCUT2D eigenvalue weighted by atomic mass is 10.0. The fraction of sp³-hybridized carbons (Fsp3) is 0.417. The van der Waals surface area contributed by atoms with Crippen molar-refractivity contribution in [1.82, 2.24) is 4.90 Å². The van der Waals surface area contributed by atoms with Gasteiger partial charge in [-0.15, -0.1) is 0 Å². The van der Waals surface area contributed by atoms with Crippen LogP contribution in [-0.4, -0.2) is 43.4 Å². The van der Waals surface area contributed by atoms with Crippen molar-refractivity contribution < 1.29 is 32.3 Å². The van der Waals surface area contributed by atoms with Crippen molar-refractivity contribution in [1.29, 1.82) is 0 Å². The van der Waals surface area contributed by atoms with E-state index in [4.69, 9.17) is 14.3 Å². The van der Waals surface area contributed by atoms with Crippen LogP contribution in [0.1, 0.15) is 37.0 Å². The van der Waals surface area contributed by atoms with E-state index in [9.17, 15) is 18.0 Å². The first-order valence-corrected chi connectivity index (χ1v) is 10.5. The van der Waals surface area contributed by atoms with Crippen molar-refractivity contribution in [3.05, 3.63) is 59.2 Å². The maximum Gasteiger partial charge on any atom is 0.416 e. The Balaban J connectivity index is 1.73. The predicted molar refractivity (Wildman–Crippen MR) is 117 cm³/mol. The van der Waals surface area contributed by atoms with Crippen molar-refractivity contribution in [3.8, 4) is 11.5 Å². The molecule has 0 radical (unpaired) electrons. The zero-order valence-electron chi connectivity index (χ0n) is 19.0. The second kappa shape index (κ2) is 10.1. The molecule has 1 heterocycles. The number of rotatable bonds is 8. The molecule has 1 aliphatic heterocycles. The minimum atomic E-state index is -4.44. The Morgan fingerprint density at radius 3 is 2.52 bits per heavy atom. The van der Waals surface area contributed by atoms with Crippen LogP contribution in [0.5, 0.6) is 11.5 Å². The van der Waals surface area contributed by atoms with Crippen molar-refractivity contribution >= 4 is 11.6 Å². The van der Waals surface area contributed by atoms with E-state index in [0.717, 1.165) is 17.7 Å². The minimum absolute atomic E-state index is 0.0481. The smallest absolute Gasteiger partial charge is 0.416 e. The third-order valence-corrected chi connectivity index (χ3v) is 5.31. The van der Waals surface area contributed by atoms with Crippen LogP contribution in [0.4, 0.5) is 13.2 Å². The number of nitrogens with zero attached hydrogens (tertiary/aromatic N) is 2. The van der Waals surface area contributed by atoms with Crippen LogP contribution in [0, 0.1) is 5.92 Å². The molecular weight excluding hydrogens is 437 g/mol. The molecule has 178 valence electrons. The maximum atomic E-state index is 13.1. The Bertz CT molecular complexity index is 1020. The summed E-state index contributed by atoms with van der Waals surface area (Å²) in [4.78, 5) is 19.9. The molecule has 0 spiro atoms. The van der Waals surface area contributed by atoms with E-state index in [2.05, 4.69) is 5.16 Å². The predicted octanol–water partition coefficient (Wildman–Crippen LogP) is 4.90. The highest BCUT2D eigenvalue weighted by Gasteiger charge is 2.31. The van der Waals surface area contributed by atoms with Crippen molar-refractivity contribution in [2.24, 2.45) is 11.1 Å². The van der Waals surface area contributed by atoms with Crippen molar-refractivity contribution in [2.75, 3.05) is 20.8 Å². The molecule has 1 aliphatic rings. The number of alkyl halides is 3. The van der Waals surface area contributed by atoms with Crippen LogP contribution in [-0.2, 0) is 22.4 Å². The first-order valence-electron chi connectivity index (χ1n) is 10.5. The van der Waals surface area contributed by atoms with Gasteiger partial charge in [-0.05, 0) is 35.9 Å². The molecule has 0 aliphatic carbocycles. The summed E-state index contributed by atoms with van der Waals surface area (Å²) in [6.45, 7) is 3.76. The van der Waals surface area contributed by atoms with E-state index in [1.165, 1.54) is 11.0 Å². The third kappa shape index (κ3) is 5.97. The second-order valence-electron chi connectivity index (χ2n) is 8.11. The molecule has 9 heteroatoms. The highest BCUT2D eigenvalue weighted by Crippen LogP contribution is 2.31. The molecule has 0 fully saturated rings. The van der Waals surface area contributed by atoms with Gasteiger partial charge in [0.15, 0.2) is 17.6 Å². The fourth-order valence-corrected chi connectivity index (χ4v) is 3.62. The van der Waals surface area contributed by atoms with E-state index >= 15 is 0 Å². The van der Waals surface area contributed by atoms with E-state index in [1.807, 2.05) is 6.07 Å². The topological polar surface area (TPSA) is 60.4 Å². The minimum Gasteiger partial charge on any atom is -0.493 e. The molecule has 1 amide bonds. The van der Waals surface area contributed by atoms with Crippen LogP contribution in [0.15, 0.2) is 47.6 Å². The molecule has 2 aromatic rings. The van der Waals surface area contributed by atoms with Gasteiger partial charge in [-0.3, -0.25) is 4.79 Å². The quantitative estimate of drug-likeness (QED) is 0.558. The summed E-state index contributed by atoms with van der Waals surface area (Å²) >= 11 is 0. The van der Waals surface area contributed by atoms with Gasteiger partial charge >= 0.3 is 6.18 Å². The van der Waals surface area contributed by atoms with Gasteiger partial charge < -0.3 is 19.2 Å². The molecule has 0 saturated carbocycles. The summed E-state index contributed by atoms with van der Waals surface area (Å²) in [5.41, 5.74) is 1.15. The Labute approximate surface area is 190 Å². The molecular formula is C24H27F3N2O4. The highest BCUT2D eigenvalue weighted by molar-refractivity contribution is 6.01. The zero-order chi connectivity index (χ0) is 24.2. The largest absolute Gasteiger partial charge is 0.493 e. The van der Waals surface area contributed by atoms with E-state index in [-0.39, 0.29) is 24.9 Å². The first-order chi connectivity index (χ1) is 15.6. The number of hydrogen-bond acceptors (Lipinski definition) is 5. The normalized spacial score (nSPS) is 15.8. The monoisotopic (exact) mass is 464 g/mol. The molecule has 6 nitrogen and oxygen atoms in total. The SMILES string of the molecule is COc1ccc(C2=NO[C@H](CN(Cc3cccc(C(F)(F)F)c3)C(=O)C(C)C)C2)cc1OC. The van der Waals surface area contributed by atoms with Gasteiger partial charge in [0, 0.05) is 24.4 Å². The average molecular weight is 464 g/mol. The number of carbonyl (C=O) groups is 1. The number of carbonyl (C=O) groups excluding carboxylic acids is 1. The summed E-state index contributed by atoms with van der Waals surface area (Å²) in [7, 11) is 3.09. The number of oxime groups is 1. The van der Waals surface area contributed by atoms with Crippen LogP contribution in [0.25, 0.3) is 0 Å². The van der Waals surface area contributed by atoms with Gasteiger partial charge in [0.05, 0.1) is 32.0 Å². The number of amides is 1. The number of benzene rings is 2. The van der Waals surface area contributed by atoms with Gasteiger partial charge in [0.1, 0.15) is 0 Å². The molecule has 0 N–H and O–H groups in total. The summed E-state index contributed by atoms with van der Waals surface area (Å²) in [6.07, 6.45) is -4.42. The summed E-state index contributed by atoms with van der Waals surface area (Å²) in [5.74, 6) is 0.661. The van der Waals surface area contributed by atoms with Gasteiger partial charge in [-0.1, -0.05) is 31.1 Å². The molecule has 0 unspecified atom stereocenters. The van der Waals surface area contributed by atoms with Crippen LogP contribution in [0.2, 0.25) is 0 Å². The van der Waals surface area contributed by atoms with Gasteiger partial charge in [0.25, 0.3) is 0 Å². The Hall–Kier alpha value is -3.23. The van der Waals surface area contributed by atoms with Gasteiger partial charge in [0.2, 0.25) is 5.91 Å². The maximum absolute atomic E-state index is 13.1. The molecule has 33 heavy (non-hydrogen) atoms. The standard InChI is InChI=1S/C24H27F3N2O4/c1-15(2)23(30)29(13-16-6-5-7-18(10-16)24(25,26)27)14-19-12-20(28-33-19)17-8-9-21(31-3)22(11-17)32-4/h5-11,15,19H,12-14H2,1-4H3/t19-/m0/s1. The average Bonchev–Trinajstić information content (AvgIpc) is 3.25. The van der Waals surface area contributed by atoms with Gasteiger partial charge in [-0.2, -0.15) is 13.2 Å². The lowest BCUT2D eigenvalue weighted by Crippen LogP contribution is -2.39. The zero-order valence-corrected chi connectivity index (χ0v) is 19.0. The summed E-state index contributed by atoms with van der Waals surface area (Å²) < 4.78 is 49.9. The lowest BCUT2D eigenvalue weighted by Gasteiger charge is -2.27. The summed E-state index contributed by atoms with van der Waals surface area (Å²) in [6, 6.07) is 10.4. The molecule has 1 atom stereocenters. The van der Waals surface area contributed by atoms with Crippen molar-refractivity contribution in [3.63, 3.8) is 0 Å². The lowest BCUT2D eigenvalue weighted by molar-refractivity contribution is -0.137. The molecule has 0 saturated heterocycles. The second-order valence-corrected chi connectivity index (χ2v) is 8.11. The van der Waals surface area contributed by atoms with Crippen LogP contribution < -0.4 is 9.47 Å². The Kier molecular flexibility index (Phi) is 7.50. The van der Waals surface area contributed by atoms with Crippen LogP contribution in [0.3, 0.4) is 0 Å². The van der Waals surface area contributed by atoms with Gasteiger partial charge in [-0.25, -0.2) is 0 Å². The third-order valence-electron chi connectivity index (χ3n) is 5.31. The molecule has 3 rings (SSSR count). The van der Waals surface area contributed by atoms with Crippen LogP contribution >= 0.6 is 0 Å². The number of ether oxygens (including phenoxy) is 2. The molecule has 2 aromatic carbocycles. The Morgan fingerprint density at radius 2 is 1.88 bits per heavy atom. The number of hydrogen-bond donors (Lipinski definition) is 0. The van der Waals surface area contributed by atoms with E-state index < -0.39 is 17.8 Å². The van der Waals surface area contributed by atoms with E-state index in [1.54, 1.807) is 46.3 Å².